The van der Waals surface area contributed by atoms with Crippen molar-refractivity contribution in [1.29, 1.82) is 0 Å². The number of hydrogen-bond acceptors (Lipinski definition) is 3. The highest BCUT2D eigenvalue weighted by molar-refractivity contribution is 5.86. The minimum Gasteiger partial charge on any atom is -0.476 e. The summed E-state index contributed by atoms with van der Waals surface area (Å²) in [6.07, 6.45) is -3.33. The number of rotatable bonds is 4. The fourth-order valence-corrected chi connectivity index (χ4v) is 2.53. The van der Waals surface area contributed by atoms with Crippen molar-refractivity contribution in [1.82, 2.24) is 9.78 Å². The maximum absolute atomic E-state index is 13.4. The van der Waals surface area contributed by atoms with E-state index in [0.29, 0.717) is 4.90 Å². The number of aromatic nitrogens is 2. The molecule has 1 saturated heterocycles. The largest absolute Gasteiger partial charge is 0.476 e. The molecule has 128 valence electrons. The Balaban J connectivity index is 2.07. The number of anilines is 1. The van der Waals surface area contributed by atoms with Crippen LogP contribution < -0.4 is 4.90 Å². The quantitative estimate of drug-likeness (QED) is 0.864. The summed E-state index contributed by atoms with van der Waals surface area (Å²) in [5.74, 6) is -5.85. The average molecular weight is 347 g/mol. The molecule has 2 aromatic rings. The van der Waals surface area contributed by atoms with E-state index < -0.39 is 42.4 Å². The molecule has 0 amide bonds. The summed E-state index contributed by atoms with van der Waals surface area (Å²) in [4.78, 5) is 11.8. The van der Waals surface area contributed by atoms with Gasteiger partial charge in [0.05, 0.1) is 12.2 Å². The van der Waals surface area contributed by atoms with Gasteiger partial charge in [-0.1, -0.05) is 0 Å². The van der Waals surface area contributed by atoms with Gasteiger partial charge in [0, 0.05) is 6.07 Å². The molecule has 1 aliphatic rings. The first kappa shape index (κ1) is 16.2. The van der Waals surface area contributed by atoms with Crippen LogP contribution in [0.3, 0.4) is 0 Å². The molecule has 5 nitrogen and oxygen atoms in total. The third kappa shape index (κ3) is 2.57. The summed E-state index contributed by atoms with van der Waals surface area (Å²) in [7, 11) is 0. The van der Waals surface area contributed by atoms with E-state index in [1.54, 1.807) is 0 Å². The molecule has 1 atom stereocenters. The maximum Gasteiger partial charge on any atom is 0.356 e. The number of carbonyl (C=O) groups is 1. The van der Waals surface area contributed by atoms with E-state index in [2.05, 4.69) is 5.10 Å². The van der Waals surface area contributed by atoms with Gasteiger partial charge in [-0.05, 0) is 24.3 Å². The molecule has 0 aliphatic carbocycles. The van der Waals surface area contributed by atoms with Gasteiger partial charge in [0.25, 0.3) is 12.3 Å². The van der Waals surface area contributed by atoms with Gasteiger partial charge in [-0.3, -0.25) is 0 Å². The number of halogens is 5. The lowest BCUT2D eigenvalue weighted by Gasteiger charge is -2.47. The zero-order valence-corrected chi connectivity index (χ0v) is 11.8. The monoisotopic (exact) mass is 347 g/mol. The lowest BCUT2D eigenvalue weighted by Crippen LogP contribution is -2.68. The second kappa shape index (κ2) is 5.46. The van der Waals surface area contributed by atoms with Crippen LogP contribution >= 0.6 is 0 Å². The fraction of sp³-hybridized carbons (Fsp3) is 0.286. The van der Waals surface area contributed by atoms with Gasteiger partial charge in [0.15, 0.2) is 11.7 Å². The normalized spacial score (nSPS) is 19.4. The summed E-state index contributed by atoms with van der Waals surface area (Å²) in [6.45, 7) is -0.992. The third-order valence-corrected chi connectivity index (χ3v) is 3.66. The van der Waals surface area contributed by atoms with Crippen LogP contribution in [0.1, 0.15) is 10.5 Å². The van der Waals surface area contributed by atoms with Gasteiger partial charge in [0.1, 0.15) is 11.6 Å². The number of benzene rings is 1. The fourth-order valence-electron chi connectivity index (χ4n) is 2.53. The standard InChI is InChI=1S/C14H10F5N3O2/c15-7-1-3-8(4-2-7)22-10(5-9(20-22)13(23)24)21-6-14(18,19)11(21)12(16)17/h1-5,11-12H,6H2,(H,23,24). The zero-order chi connectivity index (χ0) is 17.6. The molecular weight excluding hydrogens is 337 g/mol. The Morgan fingerprint density at radius 3 is 2.42 bits per heavy atom. The molecule has 1 N–H and O–H groups in total. The Morgan fingerprint density at radius 1 is 1.29 bits per heavy atom. The summed E-state index contributed by atoms with van der Waals surface area (Å²) in [6, 6.07) is 3.11. The molecule has 0 radical (unpaired) electrons. The molecule has 1 unspecified atom stereocenters. The number of aromatic carboxylic acids is 1. The highest BCUT2D eigenvalue weighted by Gasteiger charge is 2.60. The lowest BCUT2D eigenvalue weighted by atomic mass is 9.98. The van der Waals surface area contributed by atoms with Crippen LogP contribution in [0, 0.1) is 5.82 Å². The van der Waals surface area contributed by atoms with Crippen molar-refractivity contribution in [3.63, 3.8) is 0 Å². The van der Waals surface area contributed by atoms with E-state index in [-0.39, 0.29) is 11.5 Å². The average Bonchev–Trinajstić information content (AvgIpc) is 2.90. The number of nitrogens with zero attached hydrogens (tertiary/aromatic N) is 3. The Kier molecular flexibility index (Phi) is 3.69. The smallest absolute Gasteiger partial charge is 0.356 e. The predicted octanol–water partition coefficient (Wildman–Crippen LogP) is 2.80. The van der Waals surface area contributed by atoms with Crippen LogP contribution in [0.4, 0.5) is 27.8 Å². The molecule has 1 aromatic carbocycles. The SMILES string of the molecule is O=C(O)c1cc(N2CC(F)(F)C2C(F)F)n(-c2ccc(F)cc2)n1. The van der Waals surface area contributed by atoms with Crippen molar-refractivity contribution >= 4 is 11.8 Å². The number of hydrogen-bond donors (Lipinski definition) is 1. The van der Waals surface area contributed by atoms with Gasteiger partial charge in [-0.2, -0.15) is 5.10 Å². The minimum absolute atomic E-state index is 0.155. The van der Waals surface area contributed by atoms with Crippen LogP contribution in [0.15, 0.2) is 30.3 Å². The molecular formula is C14H10F5N3O2. The van der Waals surface area contributed by atoms with Gasteiger partial charge < -0.3 is 10.0 Å². The van der Waals surface area contributed by atoms with Gasteiger partial charge in [-0.25, -0.2) is 31.4 Å². The van der Waals surface area contributed by atoms with Crippen molar-refractivity contribution in [3.8, 4) is 5.69 Å². The van der Waals surface area contributed by atoms with E-state index in [9.17, 15) is 26.7 Å². The molecule has 0 spiro atoms. The van der Waals surface area contributed by atoms with Crippen LogP contribution in [0.25, 0.3) is 5.69 Å². The highest BCUT2D eigenvalue weighted by Crippen LogP contribution is 2.42. The molecule has 0 saturated carbocycles. The van der Waals surface area contributed by atoms with E-state index >= 15 is 0 Å². The summed E-state index contributed by atoms with van der Waals surface area (Å²) in [5.41, 5.74) is -0.348. The molecule has 3 rings (SSSR count). The topological polar surface area (TPSA) is 58.4 Å². The van der Waals surface area contributed by atoms with Crippen molar-refractivity contribution in [2.45, 2.75) is 18.4 Å². The van der Waals surface area contributed by atoms with Crippen molar-refractivity contribution in [2.75, 3.05) is 11.4 Å². The number of carboxylic acids is 1. The second-order valence-corrected chi connectivity index (χ2v) is 5.25. The minimum atomic E-state index is -3.60. The van der Waals surface area contributed by atoms with Crippen LogP contribution in [-0.2, 0) is 0 Å². The van der Waals surface area contributed by atoms with Gasteiger partial charge in [-0.15, -0.1) is 0 Å². The Morgan fingerprint density at radius 2 is 1.92 bits per heavy atom. The van der Waals surface area contributed by atoms with Gasteiger partial charge in [0.2, 0.25) is 0 Å². The molecule has 2 heterocycles. The van der Waals surface area contributed by atoms with Crippen molar-refractivity contribution in [3.05, 3.63) is 41.8 Å². The van der Waals surface area contributed by atoms with E-state index in [1.807, 2.05) is 0 Å². The molecule has 1 aromatic heterocycles. The number of alkyl halides is 4. The second-order valence-electron chi connectivity index (χ2n) is 5.25. The van der Waals surface area contributed by atoms with Crippen LogP contribution in [0.2, 0.25) is 0 Å². The first-order chi connectivity index (χ1) is 11.2. The molecule has 0 bridgehead atoms. The Labute approximate surface area is 131 Å². The Bertz CT molecular complexity index is 775. The third-order valence-electron chi connectivity index (χ3n) is 3.66. The van der Waals surface area contributed by atoms with Crippen LogP contribution in [-0.4, -0.2) is 45.8 Å². The number of carboxylic acid groups (broad SMARTS) is 1. The summed E-state index contributed by atoms with van der Waals surface area (Å²) >= 11 is 0. The lowest BCUT2D eigenvalue weighted by molar-refractivity contribution is -0.119. The van der Waals surface area contributed by atoms with E-state index in [4.69, 9.17) is 5.11 Å². The molecule has 1 aliphatic heterocycles. The maximum atomic E-state index is 13.4. The molecule has 10 heteroatoms. The summed E-state index contributed by atoms with van der Waals surface area (Å²) < 4.78 is 66.7. The van der Waals surface area contributed by atoms with E-state index in [1.165, 1.54) is 12.1 Å². The van der Waals surface area contributed by atoms with Gasteiger partial charge >= 0.3 is 5.97 Å². The first-order valence-corrected chi connectivity index (χ1v) is 6.72. The Hall–Kier alpha value is -2.65. The van der Waals surface area contributed by atoms with E-state index in [0.717, 1.165) is 22.9 Å². The highest BCUT2D eigenvalue weighted by atomic mass is 19.3. The molecule has 24 heavy (non-hydrogen) atoms. The zero-order valence-electron chi connectivity index (χ0n) is 11.8. The summed E-state index contributed by atoms with van der Waals surface area (Å²) in [5, 5.41) is 12.7. The van der Waals surface area contributed by atoms with Crippen molar-refractivity contribution in [2.24, 2.45) is 0 Å². The first-order valence-electron chi connectivity index (χ1n) is 6.72. The molecule has 1 fully saturated rings. The van der Waals surface area contributed by atoms with Crippen LogP contribution in [0.5, 0.6) is 0 Å². The van der Waals surface area contributed by atoms with Crippen molar-refractivity contribution < 1.29 is 31.9 Å². The predicted molar refractivity (Wildman–Crippen MR) is 72.6 cm³/mol.